The molecule has 0 saturated carbocycles. The first-order valence-corrected chi connectivity index (χ1v) is 3.96. The fraction of sp³-hybridized carbons (Fsp3) is 0. The van der Waals surface area contributed by atoms with Crippen LogP contribution in [0.4, 0.5) is 0 Å². The summed E-state index contributed by atoms with van der Waals surface area (Å²) in [5.41, 5.74) is 0. The zero-order chi connectivity index (χ0) is 9.36. The smallest absolute Gasteiger partial charge is 0.534 e. The van der Waals surface area contributed by atoms with Gasteiger partial charge in [-0.05, 0) is 0 Å². The number of para-hydroxylation sites is 1. The quantitative estimate of drug-likeness (QED) is 0.722. The zero-order valence-corrected chi connectivity index (χ0v) is 10.5. The van der Waals surface area contributed by atoms with Gasteiger partial charge in [0.25, 0.3) is 0 Å². The predicted octanol–water partition coefficient (Wildman–Crippen LogP) is 2.68. The fourth-order valence-corrected chi connectivity index (χ4v) is 0.726. The average Bonchev–Trinajstić information content (AvgIpc) is 2.22. The molecule has 0 aliphatic carbocycles. The first kappa shape index (κ1) is 12.9. The summed E-state index contributed by atoms with van der Waals surface area (Å²) in [6.45, 7) is 0. The first-order chi connectivity index (χ1) is 6.39. The summed E-state index contributed by atoms with van der Waals surface area (Å²) in [5, 5.41) is 8.58. The third-order valence-electron chi connectivity index (χ3n) is 1.30. The van der Waals surface area contributed by atoms with Crippen molar-refractivity contribution in [1.29, 1.82) is 0 Å². The Morgan fingerprint density at radius 2 is 1.50 bits per heavy atom. The molecule has 70 valence electrons. The van der Waals surface area contributed by atoms with E-state index in [2.05, 4.69) is 12.1 Å². The minimum Gasteiger partial charge on any atom is -0.534 e. The number of aromatic hydroxyl groups is 1. The van der Waals surface area contributed by atoms with Crippen molar-refractivity contribution in [2.24, 2.45) is 0 Å². The molecule has 14 heavy (non-hydrogen) atoms. The summed E-state index contributed by atoms with van der Waals surface area (Å²) < 4.78 is 0. The third-order valence-corrected chi connectivity index (χ3v) is 1.30. The van der Waals surface area contributed by atoms with Gasteiger partial charge in [-0.2, -0.15) is 54.6 Å². The Balaban J connectivity index is 0.000000227. The molecule has 0 bridgehead atoms. The second-order valence-electron chi connectivity index (χ2n) is 2.33. The summed E-state index contributed by atoms with van der Waals surface area (Å²) in [6.07, 6.45) is 0. The monoisotopic (exact) mass is 354 g/mol. The molecule has 0 aliphatic rings. The van der Waals surface area contributed by atoms with Crippen LogP contribution in [0, 0.1) is 12.1 Å². The maximum Gasteiger partial charge on any atom is 2.00 e. The van der Waals surface area contributed by atoms with Crippen LogP contribution in [0.1, 0.15) is 0 Å². The van der Waals surface area contributed by atoms with Gasteiger partial charge in [-0.25, -0.2) is 0 Å². The van der Waals surface area contributed by atoms with Crippen molar-refractivity contribution in [2.45, 2.75) is 0 Å². The largest absolute Gasteiger partial charge is 2.00 e. The summed E-state index contributed by atoms with van der Waals surface area (Å²) in [6, 6.07) is 21.9. The van der Waals surface area contributed by atoms with Crippen molar-refractivity contribution in [3.63, 3.8) is 0 Å². The Morgan fingerprint density at radius 3 is 1.71 bits per heavy atom. The van der Waals surface area contributed by atoms with Gasteiger partial charge in [0.1, 0.15) is 0 Å². The van der Waals surface area contributed by atoms with Gasteiger partial charge in [-0.15, -0.1) is 12.1 Å². The molecule has 0 heterocycles. The molecule has 0 fully saturated rings. The number of hydrogen-bond acceptors (Lipinski definition) is 1. The maximum atomic E-state index is 8.58. The molecule has 0 unspecified atom stereocenters. The molecule has 0 aliphatic heterocycles. The van der Waals surface area contributed by atoms with Crippen LogP contribution >= 0.6 is 0 Å². The van der Waals surface area contributed by atoms with E-state index in [9.17, 15) is 0 Å². The van der Waals surface area contributed by atoms with E-state index < -0.39 is 0 Å². The maximum absolute atomic E-state index is 8.58. The molecule has 0 aromatic heterocycles. The van der Waals surface area contributed by atoms with Crippen molar-refractivity contribution < 1.29 is 26.2 Å². The number of rotatable bonds is 0. The Hall–Kier alpha value is -1.07. The van der Waals surface area contributed by atoms with Gasteiger partial charge in [0.05, 0.1) is 0 Å². The first-order valence-electron chi connectivity index (χ1n) is 3.96. The van der Waals surface area contributed by atoms with Gasteiger partial charge >= 0.3 is 21.1 Å². The van der Waals surface area contributed by atoms with E-state index in [1.165, 1.54) is 0 Å². The van der Waals surface area contributed by atoms with E-state index in [-0.39, 0.29) is 26.8 Å². The Bertz CT molecular complexity index is 281. The van der Waals surface area contributed by atoms with Gasteiger partial charge in [-0.3, -0.25) is 0 Å². The average molecular weight is 354 g/mol. The minimum atomic E-state index is 0. The third kappa shape index (κ3) is 6.44. The molecule has 2 aromatic rings. The molecule has 0 saturated heterocycles. The van der Waals surface area contributed by atoms with Gasteiger partial charge in [-0.1, -0.05) is 0 Å². The van der Waals surface area contributed by atoms with Crippen LogP contribution in [0.15, 0.2) is 54.6 Å². The van der Waals surface area contributed by atoms with Crippen LogP contribution in [-0.2, 0) is 21.1 Å². The predicted molar refractivity (Wildman–Crippen MR) is 52.2 cm³/mol. The molecule has 2 rings (SSSR count). The van der Waals surface area contributed by atoms with Crippen LogP contribution in [0.2, 0.25) is 0 Å². The molecular weight excluding hydrogens is 344 g/mol. The van der Waals surface area contributed by atoms with Crippen molar-refractivity contribution in [1.82, 2.24) is 0 Å². The zero-order valence-electron chi connectivity index (χ0n) is 7.55. The van der Waals surface area contributed by atoms with E-state index in [1.807, 2.05) is 30.3 Å². The van der Waals surface area contributed by atoms with E-state index in [0.29, 0.717) is 0 Å². The van der Waals surface area contributed by atoms with Crippen molar-refractivity contribution in [2.75, 3.05) is 0 Å². The van der Waals surface area contributed by atoms with E-state index in [0.717, 1.165) is 0 Å². The molecule has 1 N–H and O–H groups in total. The standard InChI is InChI=1S/C6H5O.C6H5.W/c7-6-4-2-1-3-5-6;1-2-4-6-5-3-1;/h1-4,7H;1-5H;/q2*-1;+2. The van der Waals surface area contributed by atoms with E-state index in [4.69, 9.17) is 5.11 Å². The second-order valence-corrected chi connectivity index (χ2v) is 2.33. The number of benzene rings is 2. The molecule has 0 radical (unpaired) electrons. The van der Waals surface area contributed by atoms with Crippen LogP contribution in [-0.4, -0.2) is 5.11 Å². The van der Waals surface area contributed by atoms with Gasteiger partial charge in [0, 0.05) is 5.75 Å². The van der Waals surface area contributed by atoms with E-state index in [1.54, 1.807) is 24.3 Å². The molecule has 2 heteroatoms. The fourth-order valence-electron chi connectivity index (χ4n) is 0.726. The summed E-state index contributed by atoms with van der Waals surface area (Å²) in [7, 11) is 0. The molecule has 0 spiro atoms. The summed E-state index contributed by atoms with van der Waals surface area (Å²) in [5.74, 6) is 0.197. The second kappa shape index (κ2) is 8.52. The Kier molecular flexibility index (Phi) is 7.87. The van der Waals surface area contributed by atoms with Crippen LogP contribution in [0.3, 0.4) is 0 Å². The van der Waals surface area contributed by atoms with Gasteiger partial charge in [0.2, 0.25) is 0 Å². The van der Waals surface area contributed by atoms with Crippen molar-refractivity contribution in [3.05, 3.63) is 66.7 Å². The number of phenolic OH excluding ortho intramolecular Hbond substituents is 1. The number of hydrogen-bond donors (Lipinski definition) is 1. The molecule has 0 atom stereocenters. The summed E-state index contributed by atoms with van der Waals surface area (Å²) >= 11 is 0. The van der Waals surface area contributed by atoms with Crippen molar-refractivity contribution in [3.8, 4) is 5.75 Å². The Morgan fingerprint density at radius 1 is 0.857 bits per heavy atom. The topological polar surface area (TPSA) is 20.2 Å². The van der Waals surface area contributed by atoms with Crippen LogP contribution < -0.4 is 0 Å². The summed E-state index contributed by atoms with van der Waals surface area (Å²) in [4.78, 5) is 0. The molecule has 0 amide bonds. The molecule has 1 nitrogen and oxygen atoms in total. The Labute approximate surface area is 98.7 Å². The van der Waals surface area contributed by atoms with Crippen LogP contribution in [0.25, 0.3) is 0 Å². The molecule has 2 aromatic carbocycles. The molecular formula is C12H10OW. The minimum absolute atomic E-state index is 0. The normalized spacial score (nSPS) is 7.71. The van der Waals surface area contributed by atoms with Gasteiger partial charge < -0.3 is 5.11 Å². The van der Waals surface area contributed by atoms with Crippen molar-refractivity contribution >= 4 is 0 Å². The SMILES string of the molecule is Oc1[c-]cccc1.[W+2].[c-]1ccccc1. The van der Waals surface area contributed by atoms with Crippen LogP contribution in [0.5, 0.6) is 5.75 Å². The van der Waals surface area contributed by atoms with Gasteiger partial charge in [0.15, 0.2) is 0 Å². The van der Waals surface area contributed by atoms with E-state index >= 15 is 0 Å². The number of phenols is 1.